The van der Waals surface area contributed by atoms with Crippen molar-refractivity contribution in [3.05, 3.63) is 35.6 Å². The average molecular weight is 277 g/mol. The van der Waals surface area contributed by atoms with Crippen molar-refractivity contribution in [3.8, 4) is 0 Å². The van der Waals surface area contributed by atoms with E-state index >= 15 is 0 Å². The van der Waals surface area contributed by atoms with E-state index in [4.69, 9.17) is 0 Å². The maximum Gasteiger partial charge on any atom is 0.123 e. The van der Waals surface area contributed by atoms with Gasteiger partial charge in [-0.3, -0.25) is 0 Å². The molecule has 0 saturated heterocycles. The third kappa shape index (κ3) is 4.90. The van der Waals surface area contributed by atoms with Gasteiger partial charge in [0, 0.05) is 12.1 Å². The first-order valence-corrected chi connectivity index (χ1v) is 8.15. The van der Waals surface area contributed by atoms with Crippen molar-refractivity contribution in [2.75, 3.05) is 0 Å². The Morgan fingerprint density at radius 2 is 1.85 bits per heavy atom. The largest absolute Gasteiger partial charge is 0.311 e. The predicted molar refractivity (Wildman–Crippen MR) is 83.4 cm³/mol. The van der Waals surface area contributed by atoms with Gasteiger partial charge in [-0.1, -0.05) is 37.8 Å². The van der Waals surface area contributed by atoms with Gasteiger partial charge in [-0.15, -0.1) is 0 Å². The van der Waals surface area contributed by atoms with Crippen LogP contribution in [-0.2, 0) is 6.42 Å². The fourth-order valence-corrected chi connectivity index (χ4v) is 3.47. The highest BCUT2D eigenvalue weighted by molar-refractivity contribution is 5.17. The Hall–Kier alpha value is -0.890. The fraction of sp³-hybridized carbons (Fsp3) is 0.667. The van der Waals surface area contributed by atoms with Crippen LogP contribution in [0.4, 0.5) is 4.39 Å². The number of rotatable bonds is 5. The first-order chi connectivity index (χ1) is 9.65. The molecule has 1 saturated carbocycles. The minimum atomic E-state index is -0.133. The molecule has 1 aliphatic rings. The summed E-state index contributed by atoms with van der Waals surface area (Å²) in [5.41, 5.74) is 1.08. The third-order valence-corrected chi connectivity index (χ3v) is 4.59. The first kappa shape index (κ1) is 15.5. The molecule has 1 nitrogen and oxygen atoms in total. The average Bonchev–Trinajstić information content (AvgIpc) is 2.67. The molecule has 0 heterocycles. The minimum Gasteiger partial charge on any atom is -0.311 e. The van der Waals surface area contributed by atoms with E-state index in [1.165, 1.54) is 44.6 Å². The van der Waals surface area contributed by atoms with Gasteiger partial charge in [0.15, 0.2) is 0 Å². The summed E-state index contributed by atoms with van der Waals surface area (Å²) in [5, 5.41) is 3.72. The number of hydrogen-bond donors (Lipinski definition) is 1. The van der Waals surface area contributed by atoms with E-state index in [0.29, 0.717) is 12.1 Å². The number of hydrogen-bond acceptors (Lipinski definition) is 1. The zero-order valence-corrected chi connectivity index (χ0v) is 12.9. The lowest BCUT2D eigenvalue weighted by molar-refractivity contribution is 0.313. The molecule has 2 rings (SSSR count). The summed E-state index contributed by atoms with van der Waals surface area (Å²) in [4.78, 5) is 0. The standard InChI is InChI=1S/C18H28FN/c1-14(12-16-8-7-11-18(19)13-16)20-15(2)17-9-5-3-4-6-10-17/h7-8,11,13-15,17,20H,3-6,9-10,12H2,1-2H3/t14?,15-/m1/s1. The van der Waals surface area contributed by atoms with Crippen LogP contribution >= 0.6 is 0 Å². The summed E-state index contributed by atoms with van der Waals surface area (Å²) in [6.45, 7) is 4.52. The normalized spacial score (nSPS) is 20.4. The number of halogens is 1. The molecule has 1 N–H and O–H groups in total. The van der Waals surface area contributed by atoms with Crippen molar-refractivity contribution < 1.29 is 4.39 Å². The third-order valence-electron chi connectivity index (χ3n) is 4.59. The van der Waals surface area contributed by atoms with Crippen molar-refractivity contribution in [3.63, 3.8) is 0 Å². The molecule has 0 amide bonds. The first-order valence-electron chi connectivity index (χ1n) is 8.15. The van der Waals surface area contributed by atoms with Crippen LogP contribution in [0, 0.1) is 11.7 Å². The Kier molecular flexibility index (Phi) is 6.03. The van der Waals surface area contributed by atoms with Crippen molar-refractivity contribution >= 4 is 0 Å². The van der Waals surface area contributed by atoms with Crippen LogP contribution in [0.3, 0.4) is 0 Å². The summed E-state index contributed by atoms with van der Waals surface area (Å²) in [6.07, 6.45) is 9.20. The van der Waals surface area contributed by atoms with E-state index in [1.54, 1.807) is 12.1 Å². The second-order valence-electron chi connectivity index (χ2n) is 6.44. The van der Waals surface area contributed by atoms with Crippen LogP contribution in [0.15, 0.2) is 24.3 Å². The summed E-state index contributed by atoms with van der Waals surface area (Å²) < 4.78 is 13.2. The lowest BCUT2D eigenvalue weighted by Gasteiger charge is -2.27. The Labute approximate surface area is 123 Å². The molecular formula is C18H28FN. The van der Waals surface area contributed by atoms with E-state index in [0.717, 1.165) is 17.9 Å². The lowest BCUT2D eigenvalue weighted by atomic mass is 9.92. The topological polar surface area (TPSA) is 12.0 Å². The molecule has 0 aromatic heterocycles. The monoisotopic (exact) mass is 277 g/mol. The maximum absolute atomic E-state index is 13.2. The highest BCUT2D eigenvalue weighted by atomic mass is 19.1. The van der Waals surface area contributed by atoms with E-state index in [1.807, 2.05) is 6.07 Å². The van der Waals surface area contributed by atoms with Crippen molar-refractivity contribution in [1.82, 2.24) is 5.32 Å². The summed E-state index contributed by atoms with van der Waals surface area (Å²) in [5.74, 6) is 0.680. The Bertz CT molecular complexity index is 396. The molecule has 0 radical (unpaired) electrons. The van der Waals surface area contributed by atoms with Crippen LogP contribution in [0.5, 0.6) is 0 Å². The molecule has 1 unspecified atom stereocenters. The molecule has 2 heteroatoms. The van der Waals surface area contributed by atoms with Gasteiger partial charge in [-0.25, -0.2) is 4.39 Å². The van der Waals surface area contributed by atoms with Crippen molar-refractivity contribution in [2.45, 2.75) is 70.9 Å². The number of benzene rings is 1. The Morgan fingerprint density at radius 3 is 2.50 bits per heavy atom. The molecule has 2 atom stereocenters. The molecule has 112 valence electrons. The van der Waals surface area contributed by atoms with Gasteiger partial charge in [0.05, 0.1) is 0 Å². The molecule has 20 heavy (non-hydrogen) atoms. The van der Waals surface area contributed by atoms with Crippen LogP contribution in [-0.4, -0.2) is 12.1 Å². The van der Waals surface area contributed by atoms with Gasteiger partial charge < -0.3 is 5.32 Å². The quantitative estimate of drug-likeness (QED) is 0.769. The summed E-state index contributed by atoms with van der Waals surface area (Å²) in [7, 11) is 0. The zero-order chi connectivity index (χ0) is 14.4. The molecular weight excluding hydrogens is 249 g/mol. The van der Waals surface area contributed by atoms with E-state index in [9.17, 15) is 4.39 Å². The van der Waals surface area contributed by atoms with E-state index in [2.05, 4.69) is 19.2 Å². The fourth-order valence-electron chi connectivity index (χ4n) is 3.47. The molecule has 1 fully saturated rings. The molecule has 0 spiro atoms. The molecule has 1 aromatic rings. The number of nitrogens with one attached hydrogen (secondary N) is 1. The van der Waals surface area contributed by atoms with Crippen LogP contribution in [0.25, 0.3) is 0 Å². The van der Waals surface area contributed by atoms with Crippen LogP contribution < -0.4 is 5.32 Å². The van der Waals surface area contributed by atoms with Crippen molar-refractivity contribution in [1.29, 1.82) is 0 Å². The second kappa shape index (κ2) is 7.78. The van der Waals surface area contributed by atoms with Gasteiger partial charge >= 0.3 is 0 Å². The molecule has 1 aromatic carbocycles. The molecule has 1 aliphatic carbocycles. The molecule has 0 aliphatic heterocycles. The van der Waals surface area contributed by atoms with Gasteiger partial charge in [-0.05, 0) is 56.7 Å². The van der Waals surface area contributed by atoms with Gasteiger partial charge in [0.2, 0.25) is 0 Å². The highest BCUT2D eigenvalue weighted by Crippen LogP contribution is 2.25. The minimum absolute atomic E-state index is 0.133. The lowest BCUT2D eigenvalue weighted by Crippen LogP contribution is -2.40. The molecule has 0 bridgehead atoms. The SMILES string of the molecule is CC(Cc1cccc(F)c1)N[C@H](C)C1CCCCCC1. The van der Waals surface area contributed by atoms with E-state index < -0.39 is 0 Å². The Morgan fingerprint density at radius 1 is 1.15 bits per heavy atom. The Balaban J connectivity index is 1.82. The highest BCUT2D eigenvalue weighted by Gasteiger charge is 2.20. The van der Waals surface area contributed by atoms with Crippen LogP contribution in [0.1, 0.15) is 57.9 Å². The van der Waals surface area contributed by atoms with E-state index in [-0.39, 0.29) is 5.82 Å². The van der Waals surface area contributed by atoms with Crippen molar-refractivity contribution in [2.24, 2.45) is 5.92 Å². The smallest absolute Gasteiger partial charge is 0.123 e. The summed E-state index contributed by atoms with van der Waals surface area (Å²) in [6, 6.07) is 7.93. The second-order valence-corrected chi connectivity index (χ2v) is 6.44. The van der Waals surface area contributed by atoms with Gasteiger partial charge in [-0.2, -0.15) is 0 Å². The van der Waals surface area contributed by atoms with Gasteiger partial charge in [0.25, 0.3) is 0 Å². The summed E-state index contributed by atoms with van der Waals surface area (Å²) >= 11 is 0. The van der Waals surface area contributed by atoms with Gasteiger partial charge in [0.1, 0.15) is 5.82 Å². The predicted octanol–water partition coefficient (Wildman–Crippen LogP) is 4.71. The maximum atomic E-state index is 13.2. The zero-order valence-electron chi connectivity index (χ0n) is 12.9. The van der Waals surface area contributed by atoms with Crippen LogP contribution in [0.2, 0.25) is 0 Å².